The standard InChI is InChI=1S/C14H17N3O2/c1-17(11-4-6-19-7-5-11)14(18)10-2-3-12-13(8-10)16-9-15-12/h2-3,8-9,11H,4-7H2,1H3,(H,15,16). The SMILES string of the molecule is CN(C(=O)c1ccc2nc[nH]c2c1)C1CCOCC1. The quantitative estimate of drug-likeness (QED) is 0.895. The molecule has 0 bridgehead atoms. The third kappa shape index (κ3) is 2.33. The fourth-order valence-electron chi connectivity index (χ4n) is 2.51. The molecule has 100 valence electrons. The summed E-state index contributed by atoms with van der Waals surface area (Å²) in [7, 11) is 1.87. The molecule has 0 radical (unpaired) electrons. The Bertz CT molecular complexity index is 587. The third-order valence-electron chi connectivity index (χ3n) is 3.73. The van der Waals surface area contributed by atoms with Crippen molar-refractivity contribution in [1.82, 2.24) is 14.9 Å². The van der Waals surface area contributed by atoms with Gasteiger partial charge in [-0.15, -0.1) is 0 Å². The predicted molar refractivity (Wildman–Crippen MR) is 72.0 cm³/mol. The lowest BCUT2D eigenvalue weighted by Crippen LogP contribution is -2.40. The Morgan fingerprint density at radius 2 is 2.21 bits per heavy atom. The number of benzene rings is 1. The van der Waals surface area contributed by atoms with Crippen molar-refractivity contribution < 1.29 is 9.53 Å². The van der Waals surface area contributed by atoms with Gasteiger partial charge in [-0.05, 0) is 31.0 Å². The molecular weight excluding hydrogens is 242 g/mol. The molecule has 5 nitrogen and oxygen atoms in total. The number of aromatic nitrogens is 2. The van der Waals surface area contributed by atoms with E-state index in [2.05, 4.69) is 9.97 Å². The van der Waals surface area contributed by atoms with Gasteiger partial charge in [0.25, 0.3) is 5.91 Å². The van der Waals surface area contributed by atoms with E-state index >= 15 is 0 Å². The molecule has 1 fully saturated rings. The second-order valence-electron chi connectivity index (χ2n) is 4.89. The number of carbonyl (C=O) groups is 1. The minimum absolute atomic E-state index is 0.0587. The van der Waals surface area contributed by atoms with Crippen LogP contribution in [0.5, 0.6) is 0 Å². The van der Waals surface area contributed by atoms with Crippen LogP contribution in [-0.4, -0.2) is 47.1 Å². The van der Waals surface area contributed by atoms with Gasteiger partial charge in [-0.25, -0.2) is 4.98 Å². The lowest BCUT2D eigenvalue weighted by atomic mass is 10.1. The summed E-state index contributed by atoms with van der Waals surface area (Å²) in [6, 6.07) is 5.84. The van der Waals surface area contributed by atoms with E-state index in [0.29, 0.717) is 5.56 Å². The highest BCUT2D eigenvalue weighted by Gasteiger charge is 2.23. The van der Waals surface area contributed by atoms with Crippen molar-refractivity contribution in [3.05, 3.63) is 30.1 Å². The highest BCUT2D eigenvalue weighted by atomic mass is 16.5. The summed E-state index contributed by atoms with van der Waals surface area (Å²) in [5.41, 5.74) is 2.47. The number of hydrogen-bond donors (Lipinski definition) is 1. The second-order valence-corrected chi connectivity index (χ2v) is 4.89. The van der Waals surface area contributed by atoms with Gasteiger partial charge in [-0.1, -0.05) is 0 Å². The second kappa shape index (κ2) is 5.01. The van der Waals surface area contributed by atoms with Crippen molar-refractivity contribution in [2.75, 3.05) is 20.3 Å². The Morgan fingerprint density at radius 3 is 3.00 bits per heavy atom. The molecule has 0 saturated carbocycles. The minimum atomic E-state index is 0.0587. The van der Waals surface area contributed by atoms with Crippen LogP contribution < -0.4 is 0 Å². The zero-order valence-electron chi connectivity index (χ0n) is 10.9. The molecule has 19 heavy (non-hydrogen) atoms. The molecule has 0 unspecified atom stereocenters. The van der Waals surface area contributed by atoms with Crippen molar-refractivity contribution in [2.24, 2.45) is 0 Å². The van der Waals surface area contributed by atoms with Crippen LogP contribution in [-0.2, 0) is 4.74 Å². The minimum Gasteiger partial charge on any atom is -0.381 e. The van der Waals surface area contributed by atoms with Crippen molar-refractivity contribution >= 4 is 16.9 Å². The molecule has 5 heteroatoms. The van der Waals surface area contributed by atoms with Crippen molar-refractivity contribution in [2.45, 2.75) is 18.9 Å². The first-order valence-electron chi connectivity index (χ1n) is 6.54. The van der Waals surface area contributed by atoms with Crippen LogP contribution in [0, 0.1) is 0 Å². The average Bonchev–Trinajstić information content (AvgIpc) is 2.94. The van der Waals surface area contributed by atoms with Crippen LogP contribution in [0.15, 0.2) is 24.5 Å². The van der Waals surface area contributed by atoms with Crippen LogP contribution in [0.4, 0.5) is 0 Å². The number of ether oxygens (including phenoxy) is 1. The number of amides is 1. The maximum Gasteiger partial charge on any atom is 0.253 e. The van der Waals surface area contributed by atoms with E-state index in [1.165, 1.54) is 0 Å². The van der Waals surface area contributed by atoms with Crippen LogP contribution in [0.1, 0.15) is 23.2 Å². The summed E-state index contributed by atoms with van der Waals surface area (Å²) < 4.78 is 5.33. The Morgan fingerprint density at radius 1 is 1.42 bits per heavy atom. The van der Waals surface area contributed by atoms with Gasteiger partial charge in [0.05, 0.1) is 17.4 Å². The molecule has 1 N–H and O–H groups in total. The first kappa shape index (κ1) is 12.2. The number of aromatic amines is 1. The predicted octanol–water partition coefficient (Wildman–Crippen LogP) is 1.81. The number of H-pyrrole nitrogens is 1. The van der Waals surface area contributed by atoms with E-state index in [9.17, 15) is 4.79 Å². The highest BCUT2D eigenvalue weighted by molar-refractivity contribution is 5.97. The molecule has 2 heterocycles. The normalized spacial score (nSPS) is 16.7. The molecule has 1 aromatic heterocycles. The van der Waals surface area contributed by atoms with Gasteiger partial charge >= 0.3 is 0 Å². The molecule has 1 aliphatic heterocycles. The molecule has 0 atom stereocenters. The van der Waals surface area contributed by atoms with Gasteiger partial charge < -0.3 is 14.6 Å². The molecule has 0 aliphatic carbocycles. The number of hydrogen-bond acceptors (Lipinski definition) is 3. The molecule has 1 aromatic carbocycles. The van der Waals surface area contributed by atoms with Gasteiger partial charge in [0.15, 0.2) is 0 Å². The fourth-order valence-corrected chi connectivity index (χ4v) is 2.51. The Labute approximate surface area is 111 Å². The van der Waals surface area contributed by atoms with Gasteiger partial charge in [-0.3, -0.25) is 4.79 Å². The Kier molecular flexibility index (Phi) is 3.21. The summed E-state index contributed by atoms with van der Waals surface area (Å²) in [5.74, 6) is 0.0587. The average molecular weight is 259 g/mol. The number of nitrogens with one attached hydrogen (secondary N) is 1. The van der Waals surface area contributed by atoms with Gasteiger partial charge in [-0.2, -0.15) is 0 Å². The van der Waals surface area contributed by atoms with E-state index in [1.54, 1.807) is 6.33 Å². The molecular formula is C14H17N3O2. The molecule has 2 aromatic rings. The first-order valence-corrected chi connectivity index (χ1v) is 6.54. The zero-order chi connectivity index (χ0) is 13.2. The largest absolute Gasteiger partial charge is 0.381 e. The van der Waals surface area contributed by atoms with Crippen molar-refractivity contribution in [1.29, 1.82) is 0 Å². The molecule has 1 amide bonds. The molecule has 1 saturated heterocycles. The highest BCUT2D eigenvalue weighted by Crippen LogP contribution is 2.18. The summed E-state index contributed by atoms with van der Waals surface area (Å²) in [6.45, 7) is 1.48. The summed E-state index contributed by atoms with van der Waals surface area (Å²) in [6.07, 6.45) is 3.46. The first-order chi connectivity index (χ1) is 9.25. The maximum absolute atomic E-state index is 12.5. The smallest absolute Gasteiger partial charge is 0.253 e. The van der Waals surface area contributed by atoms with Crippen LogP contribution in [0.2, 0.25) is 0 Å². The zero-order valence-corrected chi connectivity index (χ0v) is 10.9. The van der Waals surface area contributed by atoms with Crippen LogP contribution in [0.3, 0.4) is 0 Å². The van der Waals surface area contributed by atoms with E-state index in [4.69, 9.17) is 4.74 Å². The number of nitrogens with zero attached hydrogens (tertiary/aromatic N) is 2. The topological polar surface area (TPSA) is 58.2 Å². The fraction of sp³-hybridized carbons (Fsp3) is 0.429. The number of carbonyl (C=O) groups excluding carboxylic acids is 1. The number of rotatable bonds is 2. The number of imidazole rings is 1. The van der Waals surface area contributed by atoms with E-state index in [1.807, 2.05) is 30.1 Å². The van der Waals surface area contributed by atoms with Crippen LogP contribution in [0.25, 0.3) is 11.0 Å². The van der Waals surface area contributed by atoms with E-state index in [0.717, 1.165) is 37.1 Å². The van der Waals surface area contributed by atoms with Crippen molar-refractivity contribution in [3.8, 4) is 0 Å². The summed E-state index contributed by atoms with van der Waals surface area (Å²) >= 11 is 0. The maximum atomic E-state index is 12.5. The lowest BCUT2D eigenvalue weighted by molar-refractivity contribution is 0.0362. The van der Waals surface area contributed by atoms with Gasteiger partial charge in [0, 0.05) is 31.9 Å². The van der Waals surface area contributed by atoms with Crippen molar-refractivity contribution in [3.63, 3.8) is 0 Å². The van der Waals surface area contributed by atoms with E-state index in [-0.39, 0.29) is 11.9 Å². The van der Waals surface area contributed by atoms with E-state index < -0.39 is 0 Å². The Hall–Kier alpha value is -1.88. The Balaban J connectivity index is 1.81. The molecule has 0 spiro atoms. The summed E-state index contributed by atoms with van der Waals surface area (Å²) in [4.78, 5) is 21.5. The molecule has 3 rings (SSSR count). The third-order valence-corrected chi connectivity index (χ3v) is 3.73. The van der Waals surface area contributed by atoms with Gasteiger partial charge in [0.1, 0.15) is 0 Å². The monoisotopic (exact) mass is 259 g/mol. The van der Waals surface area contributed by atoms with Gasteiger partial charge in [0.2, 0.25) is 0 Å². The summed E-state index contributed by atoms with van der Waals surface area (Å²) in [5, 5.41) is 0. The lowest BCUT2D eigenvalue weighted by Gasteiger charge is -2.31. The number of fused-ring (bicyclic) bond motifs is 1. The van der Waals surface area contributed by atoms with Crippen LogP contribution >= 0.6 is 0 Å². The molecule has 1 aliphatic rings.